The lowest BCUT2D eigenvalue weighted by Gasteiger charge is -2.17. The van der Waals surface area contributed by atoms with E-state index in [-0.39, 0.29) is 6.33 Å². The standard InChI is InChI=1S/C18H19NO5S.H2/c1-3-23-16-6-4-5-7-17(16)25(21,22)19-14-8-9-15-13(11-14)10-12(2)18(20)24-15;/h5,7-11,19H,3-4,6H2,1-2H3;1H. The molecule has 0 saturated heterocycles. The second kappa shape index (κ2) is 6.76. The largest absolute Gasteiger partial charge is 0.497 e. The number of anilines is 1. The Morgan fingerprint density at radius 3 is 2.88 bits per heavy atom. The Bertz CT molecular complexity index is 1040. The van der Waals surface area contributed by atoms with Crippen molar-refractivity contribution in [3.8, 4) is 0 Å². The van der Waals surface area contributed by atoms with Crippen LogP contribution in [0.5, 0.6) is 0 Å². The first-order chi connectivity index (χ1) is 11.9. The lowest BCUT2D eigenvalue weighted by Crippen LogP contribution is -2.18. The summed E-state index contributed by atoms with van der Waals surface area (Å²) in [6, 6.07) is 6.44. The molecule has 0 spiro atoms. The number of sulfonamides is 1. The molecule has 0 saturated carbocycles. The molecule has 1 aliphatic carbocycles. The molecule has 6 nitrogen and oxygen atoms in total. The first-order valence-electron chi connectivity index (χ1n) is 8.00. The third kappa shape index (κ3) is 3.61. The lowest BCUT2D eigenvalue weighted by molar-refractivity contribution is 0.217. The summed E-state index contributed by atoms with van der Waals surface area (Å²) >= 11 is 0. The van der Waals surface area contributed by atoms with Crippen LogP contribution in [0.25, 0.3) is 11.0 Å². The third-order valence-corrected chi connectivity index (χ3v) is 5.30. The molecule has 25 heavy (non-hydrogen) atoms. The topological polar surface area (TPSA) is 85.6 Å². The van der Waals surface area contributed by atoms with E-state index in [0.29, 0.717) is 41.0 Å². The zero-order valence-electron chi connectivity index (χ0n) is 14.0. The van der Waals surface area contributed by atoms with E-state index in [1.54, 1.807) is 37.3 Å². The van der Waals surface area contributed by atoms with Gasteiger partial charge in [0.2, 0.25) is 0 Å². The van der Waals surface area contributed by atoms with Crippen LogP contribution in [0.1, 0.15) is 26.8 Å². The van der Waals surface area contributed by atoms with Crippen LogP contribution in [-0.2, 0) is 14.8 Å². The summed E-state index contributed by atoms with van der Waals surface area (Å²) in [6.45, 7) is 3.88. The van der Waals surface area contributed by atoms with E-state index in [9.17, 15) is 13.2 Å². The van der Waals surface area contributed by atoms with Gasteiger partial charge in [0.15, 0.2) is 0 Å². The van der Waals surface area contributed by atoms with Gasteiger partial charge in [0.25, 0.3) is 10.0 Å². The van der Waals surface area contributed by atoms with E-state index in [4.69, 9.17) is 9.15 Å². The molecule has 0 aliphatic heterocycles. The highest BCUT2D eigenvalue weighted by atomic mass is 32.2. The van der Waals surface area contributed by atoms with Gasteiger partial charge in [-0.1, -0.05) is 6.08 Å². The number of fused-ring (bicyclic) bond motifs is 1. The summed E-state index contributed by atoms with van der Waals surface area (Å²) < 4.78 is 38.7. The van der Waals surface area contributed by atoms with Gasteiger partial charge in [0.05, 0.1) is 6.61 Å². The van der Waals surface area contributed by atoms with Crippen molar-refractivity contribution in [2.75, 3.05) is 11.3 Å². The van der Waals surface area contributed by atoms with E-state index in [2.05, 4.69) is 4.72 Å². The SMILES string of the molecule is CCOC1=C(S(=O)(=O)Nc2ccc3oc(=O)c(C)cc3c2)C=CCC1.[HH]. The minimum atomic E-state index is -3.77. The van der Waals surface area contributed by atoms with Gasteiger partial charge in [-0.25, -0.2) is 13.2 Å². The molecule has 134 valence electrons. The Morgan fingerprint density at radius 2 is 2.12 bits per heavy atom. The highest BCUT2D eigenvalue weighted by Crippen LogP contribution is 2.27. The van der Waals surface area contributed by atoms with Gasteiger partial charge < -0.3 is 9.15 Å². The zero-order valence-corrected chi connectivity index (χ0v) is 14.9. The van der Waals surface area contributed by atoms with Crippen molar-refractivity contribution in [3.63, 3.8) is 0 Å². The Hall–Kier alpha value is -2.54. The molecule has 2 aromatic rings. The molecule has 1 aromatic carbocycles. The molecular weight excluding hydrogens is 342 g/mol. The Morgan fingerprint density at radius 1 is 1.32 bits per heavy atom. The molecule has 1 aliphatic rings. The molecule has 1 heterocycles. The quantitative estimate of drug-likeness (QED) is 0.819. The Balaban J connectivity index is 0.00000243. The van der Waals surface area contributed by atoms with Crippen LogP contribution in [0.2, 0.25) is 0 Å². The molecule has 0 amide bonds. The average molecular weight is 363 g/mol. The normalized spacial score (nSPS) is 14.8. The van der Waals surface area contributed by atoms with E-state index < -0.39 is 15.6 Å². The summed E-state index contributed by atoms with van der Waals surface area (Å²) in [4.78, 5) is 11.7. The van der Waals surface area contributed by atoms with Gasteiger partial charge in [-0.2, -0.15) is 0 Å². The van der Waals surface area contributed by atoms with Gasteiger partial charge in [-0.3, -0.25) is 4.72 Å². The molecule has 0 atom stereocenters. The van der Waals surface area contributed by atoms with Gasteiger partial charge >= 0.3 is 5.63 Å². The Labute approximate surface area is 147 Å². The summed E-state index contributed by atoms with van der Waals surface area (Å²) in [5.74, 6) is 0.472. The van der Waals surface area contributed by atoms with E-state index >= 15 is 0 Å². The minimum Gasteiger partial charge on any atom is -0.497 e. The van der Waals surface area contributed by atoms with Crippen molar-refractivity contribution in [3.05, 3.63) is 63.1 Å². The van der Waals surface area contributed by atoms with Crippen LogP contribution in [0.15, 0.2) is 56.3 Å². The van der Waals surface area contributed by atoms with Gasteiger partial charge in [-0.15, -0.1) is 0 Å². The maximum atomic E-state index is 12.7. The fraction of sp³-hybridized carbons (Fsp3) is 0.278. The molecule has 0 fully saturated rings. The van der Waals surface area contributed by atoms with Crippen molar-refractivity contribution >= 4 is 26.7 Å². The molecule has 3 rings (SSSR count). The lowest BCUT2D eigenvalue weighted by atomic mass is 10.1. The van der Waals surface area contributed by atoms with Crippen LogP contribution in [-0.4, -0.2) is 15.0 Å². The molecule has 7 heteroatoms. The van der Waals surface area contributed by atoms with Crippen molar-refractivity contribution in [2.24, 2.45) is 0 Å². The molecule has 0 radical (unpaired) electrons. The van der Waals surface area contributed by atoms with E-state index in [1.165, 1.54) is 0 Å². The van der Waals surface area contributed by atoms with Crippen molar-refractivity contribution in [1.82, 2.24) is 0 Å². The summed E-state index contributed by atoms with van der Waals surface area (Å²) in [5.41, 5.74) is 0.858. The third-order valence-electron chi connectivity index (χ3n) is 3.85. The predicted octanol–water partition coefficient (Wildman–Crippen LogP) is 3.69. The molecule has 0 bridgehead atoms. The highest BCUT2D eigenvalue weighted by molar-refractivity contribution is 7.96. The van der Waals surface area contributed by atoms with Crippen LogP contribution in [0, 0.1) is 6.92 Å². The monoisotopic (exact) mass is 363 g/mol. The molecular formula is C18H21NO5S. The van der Waals surface area contributed by atoms with Gasteiger partial charge in [0, 0.05) is 24.5 Å². The number of nitrogens with one attached hydrogen (secondary N) is 1. The fourth-order valence-electron chi connectivity index (χ4n) is 2.68. The maximum absolute atomic E-state index is 12.7. The molecule has 0 unspecified atom stereocenters. The summed E-state index contributed by atoms with van der Waals surface area (Å²) in [5, 5.41) is 0.649. The van der Waals surface area contributed by atoms with Crippen molar-refractivity contribution < 1.29 is 19.0 Å². The second-order valence-corrected chi connectivity index (χ2v) is 7.39. The summed E-state index contributed by atoms with van der Waals surface area (Å²) in [6.07, 6.45) is 4.70. The Kier molecular flexibility index (Phi) is 4.67. The van der Waals surface area contributed by atoms with Crippen LogP contribution >= 0.6 is 0 Å². The summed E-state index contributed by atoms with van der Waals surface area (Å²) in [7, 11) is -3.77. The number of benzene rings is 1. The maximum Gasteiger partial charge on any atom is 0.339 e. The zero-order chi connectivity index (χ0) is 18.0. The van der Waals surface area contributed by atoms with E-state index in [0.717, 1.165) is 6.42 Å². The van der Waals surface area contributed by atoms with Crippen LogP contribution < -0.4 is 10.3 Å². The first kappa shape index (κ1) is 17.3. The predicted molar refractivity (Wildman–Crippen MR) is 98.9 cm³/mol. The number of rotatable bonds is 5. The van der Waals surface area contributed by atoms with Crippen LogP contribution in [0.3, 0.4) is 0 Å². The van der Waals surface area contributed by atoms with E-state index in [1.807, 2.05) is 13.0 Å². The number of aryl methyl sites for hydroxylation is 1. The second-order valence-electron chi connectivity index (χ2n) is 5.74. The molecule has 1 aromatic heterocycles. The van der Waals surface area contributed by atoms with Crippen molar-refractivity contribution in [1.29, 1.82) is 0 Å². The first-order valence-corrected chi connectivity index (χ1v) is 9.49. The smallest absolute Gasteiger partial charge is 0.339 e. The number of hydrogen-bond acceptors (Lipinski definition) is 5. The number of ether oxygens (including phenoxy) is 1. The number of allylic oxidation sites excluding steroid dienone is 3. The average Bonchev–Trinajstić information content (AvgIpc) is 2.56. The number of hydrogen-bond donors (Lipinski definition) is 1. The minimum absolute atomic E-state index is 0. The highest BCUT2D eigenvalue weighted by Gasteiger charge is 2.23. The van der Waals surface area contributed by atoms with Crippen molar-refractivity contribution in [2.45, 2.75) is 26.7 Å². The van der Waals surface area contributed by atoms with Gasteiger partial charge in [0.1, 0.15) is 16.2 Å². The fourth-order valence-corrected chi connectivity index (χ4v) is 3.96. The molecule has 1 N–H and O–H groups in total. The van der Waals surface area contributed by atoms with Gasteiger partial charge in [-0.05, 0) is 50.6 Å². The van der Waals surface area contributed by atoms with Crippen LogP contribution in [0.4, 0.5) is 5.69 Å².